The summed E-state index contributed by atoms with van der Waals surface area (Å²) in [4.78, 5) is 30.3. The van der Waals surface area contributed by atoms with Crippen molar-refractivity contribution >= 4 is 17.9 Å². The third kappa shape index (κ3) is 5.31. The van der Waals surface area contributed by atoms with Crippen LogP contribution in [0.25, 0.3) is 0 Å². The topological polar surface area (TPSA) is 132 Å². The summed E-state index contributed by atoms with van der Waals surface area (Å²) in [7, 11) is 0. The summed E-state index contributed by atoms with van der Waals surface area (Å²) in [6, 6.07) is 5.48. The lowest BCUT2D eigenvalue weighted by atomic mass is 10.1. The number of aromatic carboxylic acids is 2. The van der Waals surface area contributed by atoms with E-state index >= 15 is 0 Å². The molecule has 0 saturated heterocycles. The minimum Gasteiger partial charge on any atom is -0.515 e. The maximum atomic E-state index is 10.5. The van der Waals surface area contributed by atoms with Crippen molar-refractivity contribution in [2.75, 3.05) is 0 Å². The molecular weight excluding hydrogens is 244 g/mol. The third-order valence-electron chi connectivity index (χ3n) is 1.60. The van der Waals surface area contributed by atoms with E-state index in [1.54, 1.807) is 0 Å². The van der Waals surface area contributed by atoms with Gasteiger partial charge in [0, 0.05) is 0 Å². The van der Waals surface area contributed by atoms with Gasteiger partial charge in [-0.15, -0.1) is 0 Å². The van der Waals surface area contributed by atoms with Crippen molar-refractivity contribution in [3.63, 3.8) is 0 Å². The van der Waals surface area contributed by atoms with Crippen LogP contribution in [0.15, 0.2) is 36.6 Å². The zero-order valence-corrected chi connectivity index (χ0v) is 8.98. The van der Waals surface area contributed by atoms with E-state index in [-0.39, 0.29) is 11.1 Å². The Morgan fingerprint density at radius 1 is 0.889 bits per heavy atom. The highest BCUT2D eigenvalue weighted by Crippen LogP contribution is 2.07. The van der Waals surface area contributed by atoms with Crippen LogP contribution in [-0.2, 0) is 4.79 Å². The Hall–Kier alpha value is -2.83. The van der Waals surface area contributed by atoms with E-state index in [1.165, 1.54) is 24.3 Å². The lowest BCUT2D eigenvalue weighted by Crippen LogP contribution is -2.06. The Bertz CT molecular complexity index is 443. The first-order valence-electron chi connectivity index (χ1n) is 4.49. The maximum absolute atomic E-state index is 10.5. The monoisotopic (exact) mass is 254 g/mol. The van der Waals surface area contributed by atoms with Crippen molar-refractivity contribution in [1.29, 1.82) is 0 Å². The quantitative estimate of drug-likeness (QED) is 0.471. The molecule has 0 saturated carbocycles. The van der Waals surface area contributed by atoms with Crippen molar-refractivity contribution in [2.24, 2.45) is 0 Å². The molecule has 0 aromatic heterocycles. The number of aliphatic hydroxyl groups excluding tert-OH is 1. The summed E-state index contributed by atoms with van der Waals surface area (Å²) < 4.78 is 0. The highest BCUT2D eigenvalue weighted by Gasteiger charge is 2.13. The molecule has 0 unspecified atom stereocenters. The van der Waals surface area contributed by atoms with Crippen LogP contribution in [0, 0.1) is 0 Å². The van der Waals surface area contributed by atoms with Crippen LogP contribution in [0.2, 0.25) is 0 Å². The average molecular weight is 254 g/mol. The van der Waals surface area contributed by atoms with Crippen molar-refractivity contribution in [1.82, 2.24) is 0 Å². The molecule has 1 aromatic rings. The second kappa shape index (κ2) is 7.44. The van der Waals surface area contributed by atoms with Crippen molar-refractivity contribution in [2.45, 2.75) is 0 Å². The van der Waals surface area contributed by atoms with E-state index in [4.69, 9.17) is 20.4 Å². The van der Waals surface area contributed by atoms with Gasteiger partial charge in [-0.3, -0.25) is 0 Å². The molecule has 0 radical (unpaired) electrons. The second-order valence-electron chi connectivity index (χ2n) is 2.81. The lowest BCUT2D eigenvalue weighted by Gasteiger charge is -1.98. The number of carboxylic acid groups (broad SMARTS) is 3. The number of hydrogen-bond acceptors (Lipinski definition) is 4. The largest absolute Gasteiger partial charge is 0.515 e. The van der Waals surface area contributed by atoms with E-state index < -0.39 is 17.9 Å². The molecule has 4 N–H and O–H groups in total. The van der Waals surface area contributed by atoms with Gasteiger partial charge in [0.2, 0.25) is 0 Å². The van der Waals surface area contributed by atoms with Gasteiger partial charge >= 0.3 is 17.9 Å². The molecule has 0 aliphatic rings. The minimum atomic E-state index is -1.23. The van der Waals surface area contributed by atoms with E-state index in [0.717, 1.165) is 0 Å². The summed E-state index contributed by atoms with van der Waals surface area (Å²) in [5, 5.41) is 32.4. The number of carboxylic acids is 3. The molecule has 18 heavy (non-hydrogen) atoms. The minimum absolute atomic E-state index is 0.190. The summed E-state index contributed by atoms with van der Waals surface area (Å²) in [5.74, 6) is -3.60. The molecule has 96 valence electrons. The molecule has 0 atom stereocenters. The van der Waals surface area contributed by atoms with Crippen molar-refractivity contribution in [3.05, 3.63) is 47.7 Å². The van der Waals surface area contributed by atoms with Gasteiger partial charge in [0.05, 0.1) is 23.5 Å². The lowest BCUT2D eigenvalue weighted by molar-refractivity contribution is -0.131. The fraction of sp³-hybridized carbons (Fsp3) is 0. The number of aliphatic hydroxyl groups is 1. The Morgan fingerprint density at radius 2 is 1.28 bits per heavy atom. The van der Waals surface area contributed by atoms with Gasteiger partial charge < -0.3 is 20.4 Å². The molecule has 0 bridgehead atoms. The maximum Gasteiger partial charge on any atom is 0.336 e. The SMILES string of the molecule is O=C(O)C=CO.O=C(O)c1ccccc1C(=O)O. The fourth-order valence-corrected chi connectivity index (χ4v) is 0.920. The zero-order valence-electron chi connectivity index (χ0n) is 8.98. The standard InChI is InChI=1S/C8H6O4.C3H4O3/c9-7(10)5-3-1-2-4-6(5)8(11)12;4-2-1-3(5)6/h1-4H,(H,9,10)(H,11,12);1-2,4H,(H,5,6). The molecular formula is C11H10O7. The van der Waals surface area contributed by atoms with Gasteiger partial charge in [-0.2, -0.15) is 0 Å². The predicted octanol–water partition coefficient (Wildman–Crippen LogP) is 1.23. The molecule has 0 amide bonds. The van der Waals surface area contributed by atoms with Gasteiger partial charge in [0.25, 0.3) is 0 Å². The zero-order chi connectivity index (χ0) is 14.1. The van der Waals surface area contributed by atoms with Crippen molar-refractivity contribution < 1.29 is 34.8 Å². The Balaban J connectivity index is 0.000000411. The number of carbonyl (C=O) groups is 3. The Labute approximate surface area is 101 Å². The van der Waals surface area contributed by atoms with Crippen LogP contribution in [0.1, 0.15) is 20.7 Å². The van der Waals surface area contributed by atoms with E-state index in [1.807, 2.05) is 0 Å². The molecule has 0 fully saturated rings. The summed E-state index contributed by atoms with van der Waals surface area (Å²) in [6.45, 7) is 0. The predicted molar refractivity (Wildman–Crippen MR) is 59.8 cm³/mol. The number of benzene rings is 1. The normalized spacial score (nSPS) is 9.33. The fourth-order valence-electron chi connectivity index (χ4n) is 0.920. The molecule has 1 rings (SSSR count). The van der Waals surface area contributed by atoms with Gasteiger partial charge in [0.1, 0.15) is 0 Å². The van der Waals surface area contributed by atoms with Gasteiger partial charge in [-0.05, 0) is 12.1 Å². The molecule has 0 spiro atoms. The van der Waals surface area contributed by atoms with Crippen molar-refractivity contribution in [3.8, 4) is 0 Å². The third-order valence-corrected chi connectivity index (χ3v) is 1.60. The van der Waals surface area contributed by atoms with Crippen LogP contribution in [0.3, 0.4) is 0 Å². The second-order valence-corrected chi connectivity index (χ2v) is 2.81. The Morgan fingerprint density at radius 3 is 1.44 bits per heavy atom. The molecule has 0 aliphatic heterocycles. The summed E-state index contributed by atoms with van der Waals surface area (Å²) in [6.07, 6.45) is 1.11. The van der Waals surface area contributed by atoms with Crippen LogP contribution in [0.5, 0.6) is 0 Å². The number of rotatable bonds is 3. The van der Waals surface area contributed by atoms with E-state index in [0.29, 0.717) is 12.3 Å². The Kier molecular flexibility index (Phi) is 6.27. The molecule has 7 heteroatoms. The highest BCUT2D eigenvalue weighted by atomic mass is 16.4. The average Bonchev–Trinajstić information content (AvgIpc) is 2.29. The van der Waals surface area contributed by atoms with Gasteiger partial charge in [0.15, 0.2) is 0 Å². The van der Waals surface area contributed by atoms with E-state index in [2.05, 4.69) is 0 Å². The molecule has 0 heterocycles. The number of aliphatic carboxylic acids is 1. The summed E-state index contributed by atoms with van der Waals surface area (Å²) >= 11 is 0. The molecule has 0 aliphatic carbocycles. The number of hydrogen-bond donors (Lipinski definition) is 4. The van der Waals surface area contributed by atoms with Crippen LogP contribution < -0.4 is 0 Å². The van der Waals surface area contributed by atoms with Crippen LogP contribution >= 0.6 is 0 Å². The van der Waals surface area contributed by atoms with Crippen LogP contribution in [-0.4, -0.2) is 38.3 Å². The molecule has 1 aromatic carbocycles. The van der Waals surface area contributed by atoms with Gasteiger partial charge in [-0.25, -0.2) is 14.4 Å². The summed E-state index contributed by atoms with van der Waals surface area (Å²) in [5.41, 5.74) is -0.380. The van der Waals surface area contributed by atoms with E-state index in [9.17, 15) is 14.4 Å². The smallest absolute Gasteiger partial charge is 0.336 e. The first-order chi connectivity index (χ1) is 8.40. The first-order valence-corrected chi connectivity index (χ1v) is 4.49. The first kappa shape index (κ1) is 15.2. The molecule has 7 nitrogen and oxygen atoms in total. The van der Waals surface area contributed by atoms with Crippen LogP contribution in [0.4, 0.5) is 0 Å². The van der Waals surface area contributed by atoms with Gasteiger partial charge in [-0.1, -0.05) is 12.1 Å². The highest BCUT2D eigenvalue weighted by molar-refractivity contribution is 6.01.